The van der Waals surface area contributed by atoms with Crippen molar-refractivity contribution in [3.05, 3.63) is 24.3 Å². The molecular formula is C23H42. The van der Waals surface area contributed by atoms with Crippen molar-refractivity contribution in [3.63, 3.8) is 0 Å². The van der Waals surface area contributed by atoms with Gasteiger partial charge in [0.05, 0.1) is 0 Å². The van der Waals surface area contributed by atoms with Crippen LogP contribution in [0.2, 0.25) is 0 Å². The summed E-state index contributed by atoms with van der Waals surface area (Å²) in [5, 5.41) is 0. The lowest BCUT2D eigenvalue weighted by Crippen LogP contribution is -1.84. The van der Waals surface area contributed by atoms with Crippen LogP contribution in [-0.2, 0) is 0 Å². The first kappa shape index (κ1) is 20.5. The molecule has 0 saturated carbocycles. The molecule has 1 aliphatic rings. The maximum Gasteiger partial charge on any atom is -0.0348 e. The summed E-state index contributed by atoms with van der Waals surface area (Å²) in [6, 6.07) is 0. The van der Waals surface area contributed by atoms with E-state index in [9.17, 15) is 0 Å². The molecule has 0 aromatic carbocycles. The zero-order valence-corrected chi connectivity index (χ0v) is 15.7. The van der Waals surface area contributed by atoms with E-state index in [0.29, 0.717) is 0 Å². The average Bonchev–Trinajstić information content (AvgIpc) is 2.56. The van der Waals surface area contributed by atoms with Gasteiger partial charge in [-0.1, -0.05) is 121 Å². The molecule has 0 nitrogen and oxygen atoms in total. The van der Waals surface area contributed by atoms with Crippen LogP contribution in [0.5, 0.6) is 0 Å². The van der Waals surface area contributed by atoms with E-state index in [0.717, 1.165) is 0 Å². The summed E-state index contributed by atoms with van der Waals surface area (Å²) in [5.41, 5.74) is 0. The Kier molecular flexibility index (Phi) is 15.9. The van der Waals surface area contributed by atoms with Crippen LogP contribution in [0.15, 0.2) is 24.3 Å². The second-order valence-electron chi connectivity index (χ2n) is 7.44. The standard InChI is InChI=1S/C23H42/c1-2-4-6-8-10-12-14-16-18-20-22-23-21-19-17-15-13-11-9-7-5-3-1/h1-4H,5-23H2/b3-1-,4-2?. The van der Waals surface area contributed by atoms with E-state index in [1.807, 2.05) is 0 Å². The Morgan fingerprint density at radius 1 is 0.261 bits per heavy atom. The normalized spacial score (nSPS) is 24.0. The molecule has 0 radical (unpaired) electrons. The van der Waals surface area contributed by atoms with Gasteiger partial charge in [-0.15, -0.1) is 0 Å². The molecule has 1 aliphatic carbocycles. The summed E-state index contributed by atoms with van der Waals surface area (Å²) in [6.07, 6.45) is 36.5. The van der Waals surface area contributed by atoms with Gasteiger partial charge >= 0.3 is 0 Å². The first-order valence-corrected chi connectivity index (χ1v) is 10.8. The van der Waals surface area contributed by atoms with Crippen LogP contribution in [0.25, 0.3) is 0 Å². The number of hydrogen-bond acceptors (Lipinski definition) is 0. The first-order valence-electron chi connectivity index (χ1n) is 10.8. The van der Waals surface area contributed by atoms with Crippen LogP contribution in [0.4, 0.5) is 0 Å². The lowest BCUT2D eigenvalue weighted by molar-refractivity contribution is 0.526. The molecule has 0 atom stereocenters. The third-order valence-corrected chi connectivity index (χ3v) is 5.12. The van der Waals surface area contributed by atoms with Gasteiger partial charge in [0.15, 0.2) is 0 Å². The predicted octanol–water partition coefficient (Wildman–Crippen LogP) is 8.52. The molecule has 0 spiro atoms. The highest BCUT2D eigenvalue weighted by molar-refractivity contribution is 5.02. The smallest absolute Gasteiger partial charge is 0.0348 e. The van der Waals surface area contributed by atoms with Crippen LogP contribution in [0, 0.1) is 0 Å². The van der Waals surface area contributed by atoms with Gasteiger partial charge < -0.3 is 0 Å². The van der Waals surface area contributed by atoms with E-state index in [4.69, 9.17) is 0 Å². The predicted molar refractivity (Wildman–Crippen MR) is 106 cm³/mol. The second-order valence-corrected chi connectivity index (χ2v) is 7.44. The van der Waals surface area contributed by atoms with Crippen molar-refractivity contribution in [1.29, 1.82) is 0 Å². The van der Waals surface area contributed by atoms with Crippen LogP contribution in [0.3, 0.4) is 0 Å². The van der Waals surface area contributed by atoms with Crippen LogP contribution in [-0.4, -0.2) is 0 Å². The van der Waals surface area contributed by atoms with Crippen molar-refractivity contribution in [2.24, 2.45) is 0 Å². The van der Waals surface area contributed by atoms with Crippen molar-refractivity contribution in [3.8, 4) is 0 Å². The summed E-state index contributed by atoms with van der Waals surface area (Å²) >= 11 is 0. The Morgan fingerprint density at radius 3 is 0.739 bits per heavy atom. The second kappa shape index (κ2) is 17.8. The molecule has 0 fully saturated rings. The van der Waals surface area contributed by atoms with E-state index in [2.05, 4.69) is 24.3 Å². The molecule has 0 heteroatoms. The van der Waals surface area contributed by atoms with Crippen LogP contribution < -0.4 is 0 Å². The van der Waals surface area contributed by atoms with Gasteiger partial charge in [0, 0.05) is 0 Å². The highest BCUT2D eigenvalue weighted by atomic mass is 14.0. The quantitative estimate of drug-likeness (QED) is 0.420. The van der Waals surface area contributed by atoms with Crippen LogP contribution in [0.1, 0.15) is 122 Å². The zero-order chi connectivity index (χ0) is 16.3. The van der Waals surface area contributed by atoms with Gasteiger partial charge in [0.25, 0.3) is 0 Å². The van der Waals surface area contributed by atoms with E-state index in [-0.39, 0.29) is 0 Å². The minimum absolute atomic E-state index is 1.27. The van der Waals surface area contributed by atoms with Crippen molar-refractivity contribution in [1.82, 2.24) is 0 Å². The van der Waals surface area contributed by atoms with E-state index >= 15 is 0 Å². The van der Waals surface area contributed by atoms with E-state index < -0.39 is 0 Å². The summed E-state index contributed by atoms with van der Waals surface area (Å²) in [4.78, 5) is 0. The Bertz CT molecular complexity index is 246. The van der Waals surface area contributed by atoms with Gasteiger partial charge in [-0.3, -0.25) is 0 Å². The van der Waals surface area contributed by atoms with Crippen molar-refractivity contribution < 1.29 is 0 Å². The summed E-state index contributed by atoms with van der Waals surface area (Å²) in [6.45, 7) is 0. The van der Waals surface area contributed by atoms with Crippen molar-refractivity contribution in [2.45, 2.75) is 122 Å². The maximum atomic E-state index is 2.35. The van der Waals surface area contributed by atoms with Gasteiger partial charge in [0.2, 0.25) is 0 Å². The molecular weight excluding hydrogens is 276 g/mol. The highest BCUT2D eigenvalue weighted by Gasteiger charge is 1.95. The number of rotatable bonds is 0. The summed E-state index contributed by atoms with van der Waals surface area (Å²) in [5.74, 6) is 0. The highest BCUT2D eigenvalue weighted by Crippen LogP contribution is 2.14. The van der Waals surface area contributed by atoms with Gasteiger partial charge in [-0.25, -0.2) is 0 Å². The summed E-state index contributed by atoms with van der Waals surface area (Å²) < 4.78 is 0. The van der Waals surface area contributed by atoms with Gasteiger partial charge in [-0.2, -0.15) is 0 Å². The van der Waals surface area contributed by atoms with E-state index in [1.54, 1.807) is 0 Å². The molecule has 0 aromatic heterocycles. The monoisotopic (exact) mass is 318 g/mol. The molecule has 134 valence electrons. The molecule has 1 rings (SSSR count). The number of allylic oxidation sites excluding steroid dienone is 4. The molecule has 0 unspecified atom stereocenters. The Morgan fingerprint density at radius 2 is 0.478 bits per heavy atom. The minimum Gasteiger partial charge on any atom is -0.0845 e. The molecule has 0 heterocycles. The SMILES string of the molecule is C1=CCCCCCCCCCCCCCCCCCCC/C=C\1. The molecule has 0 amide bonds. The first-order chi connectivity index (χ1) is 11.5. The maximum absolute atomic E-state index is 2.35. The third kappa shape index (κ3) is 16.1. The van der Waals surface area contributed by atoms with E-state index in [1.165, 1.54) is 122 Å². The van der Waals surface area contributed by atoms with Gasteiger partial charge in [0.1, 0.15) is 0 Å². The third-order valence-electron chi connectivity index (χ3n) is 5.12. The Hall–Kier alpha value is -0.520. The topological polar surface area (TPSA) is 0 Å². The summed E-state index contributed by atoms with van der Waals surface area (Å²) in [7, 11) is 0. The van der Waals surface area contributed by atoms with Gasteiger partial charge in [-0.05, 0) is 25.7 Å². The fraction of sp³-hybridized carbons (Fsp3) is 0.826. The fourth-order valence-corrected chi connectivity index (χ4v) is 3.53. The average molecular weight is 319 g/mol. The number of hydrogen-bond donors (Lipinski definition) is 0. The van der Waals surface area contributed by atoms with Crippen molar-refractivity contribution in [2.75, 3.05) is 0 Å². The lowest BCUT2D eigenvalue weighted by Gasteiger charge is -2.03. The van der Waals surface area contributed by atoms with Crippen molar-refractivity contribution >= 4 is 0 Å². The Labute approximate surface area is 146 Å². The Balaban J connectivity index is 2.10. The molecule has 23 heavy (non-hydrogen) atoms. The molecule has 0 aliphatic heterocycles. The van der Waals surface area contributed by atoms with Crippen LogP contribution >= 0.6 is 0 Å². The molecule has 0 saturated heterocycles. The molecule has 0 N–H and O–H groups in total. The molecule has 0 bridgehead atoms. The minimum atomic E-state index is 1.27. The lowest BCUT2D eigenvalue weighted by atomic mass is 10.0. The fourth-order valence-electron chi connectivity index (χ4n) is 3.53. The molecule has 0 aromatic rings. The zero-order valence-electron chi connectivity index (χ0n) is 15.7. The largest absolute Gasteiger partial charge is 0.0845 e.